The van der Waals surface area contributed by atoms with E-state index in [-0.39, 0.29) is 0 Å². The van der Waals surface area contributed by atoms with Crippen LogP contribution in [0.2, 0.25) is 5.02 Å². The lowest BCUT2D eigenvalue weighted by atomic mass is 10.1. The van der Waals surface area contributed by atoms with E-state index in [4.69, 9.17) is 11.6 Å². The van der Waals surface area contributed by atoms with E-state index in [2.05, 4.69) is 56.1 Å². The number of hydrogen-bond donors (Lipinski definition) is 1. The first kappa shape index (κ1) is 18.3. The van der Waals surface area contributed by atoms with Crippen molar-refractivity contribution in [1.82, 2.24) is 5.32 Å². The lowest BCUT2D eigenvalue weighted by molar-refractivity contribution is 0.589. The monoisotopic (exact) mass is 310 g/mol. The van der Waals surface area contributed by atoms with E-state index in [1.807, 2.05) is 0 Å². The van der Waals surface area contributed by atoms with Crippen molar-refractivity contribution in [3.63, 3.8) is 0 Å². The molecule has 0 unspecified atom stereocenters. The second-order valence-electron chi connectivity index (χ2n) is 6.02. The molecule has 0 fully saturated rings. The highest BCUT2D eigenvalue weighted by atomic mass is 35.5. The average Bonchev–Trinajstić information content (AvgIpc) is 2.46. The average molecular weight is 311 g/mol. The van der Waals surface area contributed by atoms with E-state index < -0.39 is 0 Å². The minimum absolute atomic E-state index is 0.494. The maximum Gasteiger partial charge on any atom is 0.0642 e. The summed E-state index contributed by atoms with van der Waals surface area (Å²) in [5.41, 5.74) is 2.44. The SMILES string of the molecule is CCCCN(CCCC)c1ccc(CNC(C)C)cc1Cl. The second kappa shape index (κ2) is 10.1. The van der Waals surface area contributed by atoms with Crippen LogP contribution in [-0.4, -0.2) is 19.1 Å². The van der Waals surface area contributed by atoms with Gasteiger partial charge in [-0.3, -0.25) is 0 Å². The summed E-state index contributed by atoms with van der Waals surface area (Å²) in [5.74, 6) is 0. The summed E-state index contributed by atoms with van der Waals surface area (Å²) in [7, 11) is 0. The molecule has 120 valence electrons. The fourth-order valence-corrected chi connectivity index (χ4v) is 2.61. The van der Waals surface area contributed by atoms with Gasteiger partial charge in [-0.2, -0.15) is 0 Å². The number of hydrogen-bond acceptors (Lipinski definition) is 2. The van der Waals surface area contributed by atoms with E-state index in [9.17, 15) is 0 Å². The van der Waals surface area contributed by atoms with Crippen molar-refractivity contribution in [2.75, 3.05) is 18.0 Å². The molecule has 0 atom stereocenters. The predicted molar refractivity (Wildman–Crippen MR) is 95.5 cm³/mol. The van der Waals surface area contributed by atoms with Crippen LogP contribution in [0, 0.1) is 0 Å². The lowest BCUT2D eigenvalue weighted by Gasteiger charge is -2.26. The molecule has 1 N–H and O–H groups in total. The van der Waals surface area contributed by atoms with Crippen LogP contribution in [0.25, 0.3) is 0 Å². The molecule has 0 saturated carbocycles. The first-order chi connectivity index (χ1) is 10.1. The molecule has 0 aliphatic carbocycles. The fraction of sp³-hybridized carbons (Fsp3) is 0.667. The van der Waals surface area contributed by atoms with Crippen molar-refractivity contribution in [1.29, 1.82) is 0 Å². The van der Waals surface area contributed by atoms with Crippen molar-refractivity contribution < 1.29 is 0 Å². The lowest BCUT2D eigenvalue weighted by Crippen LogP contribution is -2.26. The molecular weight excluding hydrogens is 280 g/mol. The Kier molecular flexibility index (Phi) is 8.79. The predicted octanol–water partition coefficient (Wildman–Crippen LogP) is 5.24. The summed E-state index contributed by atoms with van der Waals surface area (Å²) in [6.45, 7) is 11.9. The molecule has 0 amide bonds. The van der Waals surface area contributed by atoms with Crippen molar-refractivity contribution in [3.8, 4) is 0 Å². The standard InChI is InChI=1S/C18H31ClN2/c1-5-7-11-21(12-8-6-2)18-10-9-16(13-17(18)19)14-20-15(3)4/h9-10,13,15,20H,5-8,11-12,14H2,1-4H3. The number of rotatable bonds is 10. The molecule has 1 aromatic rings. The van der Waals surface area contributed by atoms with Crippen LogP contribution in [0.15, 0.2) is 18.2 Å². The Bertz CT molecular complexity index is 396. The molecule has 0 radical (unpaired) electrons. The Hall–Kier alpha value is -0.730. The van der Waals surface area contributed by atoms with Gasteiger partial charge in [-0.15, -0.1) is 0 Å². The molecule has 0 saturated heterocycles. The van der Waals surface area contributed by atoms with Crippen LogP contribution in [0.5, 0.6) is 0 Å². The molecular formula is C18H31ClN2. The number of benzene rings is 1. The van der Waals surface area contributed by atoms with Gasteiger partial charge < -0.3 is 10.2 Å². The first-order valence-electron chi connectivity index (χ1n) is 8.35. The zero-order valence-electron chi connectivity index (χ0n) is 14.1. The van der Waals surface area contributed by atoms with Crippen LogP contribution in [-0.2, 0) is 6.54 Å². The Labute approximate surface area is 135 Å². The van der Waals surface area contributed by atoms with Crippen molar-refractivity contribution in [3.05, 3.63) is 28.8 Å². The minimum atomic E-state index is 0.494. The molecule has 1 aromatic carbocycles. The van der Waals surface area contributed by atoms with Crippen molar-refractivity contribution in [2.24, 2.45) is 0 Å². The van der Waals surface area contributed by atoms with E-state index in [1.54, 1.807) is 0 Å². The fourth-order valence-electron chi connectivity index (χ4n) is 2.29. The van der Waals surface area contributed by atoms with Crippen molar-refractivity contribution >= 4 is 17.3 Å². The van der Waals surface area contributed by atoms with Crippen LogP contribution in [0.1, 0.15) is 58.9 Å². The molecule has 2 nitrogen and oxygen atoms in total. The van der Waals surface area contributed by atoms with Gasteiger partial charge in [0.1, 0.15) is 0 Å². The molecule has 1 rings (SSSR count). The normalized spacial score (nSPS) is 11.1. The van der Waals surface area contributed by atoms with E-state index >= 15 is 0 Å². The van der Waals surface area contributed by atoms with Crippen LogP contribution in [0.3, 0.4) is 0 Å². The first-order valence-corrected chi connectivity index (χ1v) is 8.73. The number of nitrogens with one attached hydrogen (secondary N) is 1. The molecule has 0 bridgehead atoms. The molecule has 0 aromatic heterocycles. The molecule has 3 heteroatoms. The summed E-state index contributed by atoms with van der Waals surface area (Å²) in [5, 5.41) is 4.31. The van der Waals surface area contributed by atoms with Gasteiger partial charge in [0.05, 0.1) is 10.7 Å². The highest BCUT2D eigenvalue weighted by Gasteiger charge is 2.10. The topological polar surface area (TPSA) is 15.3 Å². The number of nitrogens with zero attached hydrogens (tertiary/aromatic N) is 1. The van der Waals surface area contributed by atoms with E-state index in [0.717, 1.165) is 24.7 Å². The zero-order valence-corrected chi connectivity index (χ0v) is 14.8. The summed E-state index contributed by atoms with van der Waals surface area (Å²) >= 11 is 6.53. The molecule has 0 spiro atoms. The number of anilines is 1. The maximum atomic E-state index is 6.53. The van der Waals surface area contributed by atoms with Gasteiger partial charge >= 0.3 is 0 Å². The number of unbranched alkanes of at least 4 members (excludes halogenated alkanes) is 2. The third kappa shape index (κ3) is 6.71. The van der Waals surface area contributed by atoms with Gasteiger partial charge in [-0.25, -0.2) is 0 Å². The Morgan fingerprint density at radius 2 is 1.71 bits per heavy atom. The van der Waals surface area contributed by atoms with E-state index in [1.165, 1.54) is 36.9 Å². The molecule has 0 heterocycles. The molecule has 21 heavy (non-hydrogen) atoms. The van der Waals surface area contributed by atoms with Gasteiger partial charge in [-0.1, -0.05) is 58.2 Å². The zero-order chi connectivity index (χ0) is 15.7. The quantitative estimate of drug-likeness (QED) is 0.635. The van der Waals surface area contributed by atoms with Gasteiger partial charge in [0.2, 0.25) is 0 Å². The Morgan fingerprint density at radius 3 is 2.19 bits per heavy atom. The van der Waals surface area contributed by atoms with Gasteiger partial charge in [0.15, 0.2) is 0 Å². The smallest absolute Gasteiger partial charge is 0.0642 e. The maximum absolute atomic E-state index is 6.53. The highest BCUT2D eigenvalue weighted by molar-refractivity contribution is 6.33. The Balaban J connectivity index is 2.77. The van der Waals surface area contributed by atoms with Crippen molar-refractivity contribution in [2.45, 2.75) is 66.0 Å². The minimum Gasteiger partial charge on any atom is -0.370 e. The van der Waals surface area contributed by atoms with E-state index in [0.29, 0.717) is 6.04 Å². The largest absolute Gasteiger partial charge is 0.370 e. The molecule has 0 aliphatic rings. The van der Waals surface area contributed by atoms with Crippen LogP contribution in [0.4, 0.5) is 5.69 Å². The summed E-state index contributed by atoms with van der Waals surface area (Å²) in [6.07, 6.45) is 4.88. The highest BCUT2D eigenvalue weighted by Crippen LogP contribution is 2.27. The third-order valence-electron chi connectivity index (χ3n) is 3.63. The Morgan fingerprint density at radius 1 is 1.10 bits per heavy atom. The summed E-state index contributed by atoms with van der Waals surface area (Å²) in [6, 6.07) is 6.98. The van der Waals surface area contributed by atoms with Gasteiger partial charge in [0, 0.05) is 25.7 Å². The summed E-state index contributed by atoms with van der Waals surface area (Å²) < 4.78 is 0. The third-order valence-corrected chi connectivity index (χ3v) is 3.93. The van der Waals surface area contributed by atoms with Crippen LogP contribution < -0.4 is 10.2 Å². The summed E-state index contributed by atoms with van der Waals surface area (Å²) in [4.78, 5) is 2.44. The van der Waals surface area contributed by atoms with Gasteiger partial charge in [-0.05, 0) is 30.5 Å². The number of halogens is 1. The van der Waals surface area contributed by atoms with Crippen LogP contribution >= 0.6 is 11.6 Å². The van der Waals surface area contributed by atoms with Gasteiger partial charge in [0.25, 0.3) is 0 Å². The molecule has 0 aliphatic heterocycles. The second-order valence-corrected chi connectivity index (χ2v) is 6.42.